The van der Waals surface area contributed by atoms with Gasteiger partial charge in [-0.3, -0.25) is 0 Å². The first kappa shape index (κ1) is 19.5. The third kappa shape index (κ3) is 13.3. The smallest absolute Gasteiger partial charge is 0.407 e. The molecule has 2 N–H and O–H groups in total. The second kappa shape index (κ2) is 8.10. The zero-order valence-corrected chi connectivity index (χ0v) is 14.3. The van der Waals surface area contributed by atoms with Gasteiger partial charge in [0.1, 0.15) is 11.2 Å². The second-order valence-corrected chi connectivity index (χ2v) is 7.12. The van der Waals surface area contributed by atoms with Gasteiger partial charge in [-0.1, -0.05) is 0 Å². The highest BCUT2D eigenvalue weighted by Gasteiger charge is 2.18. The van der Waals surface area contributed by atoms with Gasteiger partial charge < -0.3 is 20.1 Å². The summed E-state index contributed by atoms with van der Waals surface area (Å²) in [6.45, 7) is 13.3. The van der Waals surface area contributed by atoms with E-state index in [9.17, 15) is 9.59 Å². The van der Waals surface area contributed by atoms with E-state index in [4.69, 9.17) is 9.47 Å². The van der Waals surface area contributed by atoms with Crippen molar-refractivity contribution in [3.05, 3.63) is 0 Å². The summed E-state index contributed by atoms with van der Waals surface area (Å²) >= 11 is 0. The van der Waals surface area contributed by atoms with Crippen molar-refractivity contribution < 1.29 is 19.1 Å². The maximum atomic E-state index is 11.5. The van der Waals surface area contributed by atoms with Crippen LogP contribution < -0.4 is 10.6 Å². The Hall–Kier alpha value is -1.46. The van der Waals surface area contributed by atoms with Gasteiger partial charge in [0.25, 0.3) is 0 Å². The fraction of sp³-hybridized carbons (Fsp3) is 0.867. The normalized spacial score (nSPS) is 13.3. The van der Waals surface area contributed by atoms with E-state index in [1.54, 1.807) is 0 Å². The van der Waals surface area contributed by atoms with Crippen LogP contribution in [-0.2, 0) is 9.47 Å². The van der Waals surface area contributed by atoms with Crippen LogP contribution in [0.25, 0.3) is 0 Å². The lowest BCUT2D eigenvalue weighted by Gasteiger charge is -2.22. The first-order valence-corrected chi connectivity index (χ1v) is 7.35. The predicted molar refractivity (Wildman–Crippen MR) is 82.3 cm³/mol. The van der Waals surface area contributed by atoms with Crippen LogP contribution in [0.4, 0.5) is 9.59 Å². The van der Waals surface area contributed by atoms with Crippen molar-refractivity contribution in [2.45, 2.75) is 78.6 Å². The minimum atomic E-state index is -0.498. The van der Waals surface area contributed by atoms with Gasteiger partial charge in [0, 0.05) is 12.6 Å². The molecule has 0 aliphatic heterocycles. The number of carbonyl (C=O) groups is 2. The lowest BCUT2D eigenvalue weighted by Crippen LogP contribution is -2.38. The lowest BCUT2D eigenvalue weighted by atomic mass is 10.2. The Morgan fingerprint density at radius 1 is 0.952 bits per heavy atom. The Balaban J connectivity index is 3.78. The van der Waals surface area contributed by atoms with Gasteiger partial charge in [-0.15, -0.1) is 0 Å². The summed E-state index contributed by atoms with van der Waals surface area (Å²) < 4.78 is 10.3. The SMILES string of the molecule is CC(CCCNC(=O)OC(C)(C)C)NC(=O)OC(C)(C)C. The molecule has 1 unspecified atom stereocenters. The van der Waals surface area contributed by atoms with E-state index in [1.165, 1.54) is 0 Å². The van der Waals surface area contributed by atoms with Crippen LogP contribution in [0.2, 0.25) is 0 Å². The number of amides is 2. The van der Waals surface area contributed by atoms with Crippen LogP contribution in [-0.4, -0.2) is 36.0 Å². The van der Waals surface area contributed by atoms with E-state index >= 15 is 0 Å². The fourth-order valence-electron chi connectivity index (χ4n) is 1.49. The molecule has 0 aromatic carbocycles. The molecule has 0 heterocycles. The Kier molecular flexibility index (Phi) is 7.53. The van der Waals surface area contributed by atoms with Crippen molar-refractivity contribution in [2.24, 2.45) is 0 Å². The summed E-state index contributed by atoms with van der Waals surface area (Å²) in [4.78, 5) is 23.0. The van der Waals surface area contributed by atoms with Crippen LogP contribution in [0, 0.1) is 0 Å². The zero-order valence-electron chi connectivity index (χ0n) is 14.3. The molecule has 124 valence electrons. The van der Waals surface area contributed by atoms with Gasteiger partial charge in [0.15, 0.2) is 0 Å². The van der Waals surface area contributed by atoms with E-state index in [0.717, 1.165) is 12.8 Å². The number of alkyl carbamates (subject to hydrolysis) is 2. The number of hydrogen-bond acceptors (Lipinski definition) is 4. The molecule has 0 saturated heterocycles. The van der Waals surface area contributed by atoms with Crippen LogP contribution in [0.1, 0.15) is 61.3 Å². The maximum absolute atomic E-state index is 11.5. The van der Waals surface area contributed by atoms with Crippen molar-refractivity contribution >= 4 is 12.2 Å². The molecule has 21 heavy (non-hydrogen) atoms. The first-order valence-electron chi connectivity index (χ1n) is 7.35. The molecular formula is C15H30N2O4. The summed E-state index contributed by atoms with van der Waals surface area (Å²) in [5.74, 6) is 0. The van der Waals surface area contributed by atoms with Crippen LogP contribution in [0.3, 0.4) is 0 Å². The maximum Gasteiger partial charge on any atom is 0.407 e. The molecule has 0 aromatic heterocycles. The van der Waals surface area contributed by atoms with Crippen LogP contribution in [0.15, 0.2) is 0 Å². The van der Waals surface area contributed by atoms with Crippen LogP contribution in [0.5, 0.6) is 0 Å². The van der Waals surface area contributed by atoms with Gasteiger partial charge in [0.05, 0.1) is 0 Å². The molecule has 1 atom stereocenters. The number of ether oxygens (including phenoxy) is 2. The second-order valence-electron chi connectivity index (χ2n) is 7.12. The van der Waals surface area contributed by atoms with Crippen LogP contribution >= 0.6 is 0 Å². The minimum absolute atomic E-state index is 0.0136. The molecule has 6 heteroatoms. The van der Waals surface area contributed by atoms with Crippen molar-refractivity contribution in [1.29, 1.82) is 0 Å². The molecule has 0 aliphatic carbocycles. The Morgan fingerprint density at radius 2 is 1.43 bits per heavy atom. The third-order valence-electron chi connectivity index (χ3n) is 2.25. The average molecular weight is 302 g/mol. The van der Waals surface area contributed by atoms with E-state index in [1.807, 2.05) is 48.5 Å². The molecule has 0 rings (SSSR count). The molecule has 0 aromatic rings. The van der Waals surface area contributed by atoms with Crippen molar-refractivity contribution in [1.82, 2.24) is 10.6 Å². The standard InChI is InChI=1S/C15H30N2O4/c1-11(17-13(19)21-15(5,6)7)9-8-10-16-12(18)20-14(2,3)4/h11H,8-10H2,1-7H3,(H,16,18)(H,17,19). The monoisotopic (exact) mass is 302 g/mol. The predicted octanol–water partition coefficient (Wildman–Crippen LogP) is 3.20. The molecule has 0 spiro atoms. The summed E-state index contributed by atoms with van der Waals surface area (Å²) in [5.41, 5.74) is -0.988. The zero-order chi connectivity index (χ0) is 16.7. The van der Waals surface area contributed by atoms with Gasteiger partial charge in [-0.05, 0) is 61.3 Å². The highest BCUT2D eigenvalue weighted by molar-refractivity contribution is 5.68. The molecule has 0 radical (unpaired) electrons. The molecule has 0 bridgehead atoms. The fourth-order valence-corrected chi connectivity index (χ4v) is 1.49. The summed E-state index contributed by atoms with van der Waals surface area (Å²) in [6.07, 6.45) is 0.649. The Bertz CT molecular complexity index is 343. The quantitative estimate of drug-likeness (QED) is 0.765. The summed E-state index contributed by atoms with van der Waals surface area (Å²) in [5, 5.41) is 5.44. The molecule has 6 nitrogen and oxygen atoms in total. The van der Waals surface area contributed by atoms with E-state index < -0.39 is 23.4 Å². The molecular weight excluding hydrogens is 272 g/mol. The largest absolute Gasteiger partial charge is 0.444 e. The molecule has 0 fully saturated rings. The topological polar surface area (TPSA) is 76.7 Å². The highest BCUT2D eigenvalue weighted by Crippen LogP contribution is 2.08. The van der Waals surface area contributed by atoms with Gasteiger partial charge in [-0.2, -0.15) is 0 Å². The van der Waals surface area contributed by atoms with E-state index in [-0.39, 0.29) is 6.04 Å². The summed E-state index contributed by atoms with van der Waals surface area (Å²) in [6, 6.07) is -0.0136. The first-order chi connectivity index (χ1) is 9.39. The van der Waals surface area contributed by atoms with Crippen molar-refractivity contribution in [3.63, 3.8) is 0 Å². The van der Waals surface area contributed by atoms with Gasteiger partial charge >= 0.3 is 12.2 Å². The van der Waals surface area contributed by atoms with Crippen molar-refractivity contribution in [2.75, 3.05) is 6.54 Å². The average Bonchev–Trinajstić information content (AvgIpc) is 2.18. The Morgan fingerprint density at radius 3 is 1.90 bits per heavy atom. The number of rotatable bonds is 5. The minimum Gasteiger partial charge on any atom is -0.444 e. The van der Waals surface area contributed by atoms with Crippen molar-refractivity contribution in [3.8, 4) is 0 Å². The van der Waals surface area contributed by atoms with Gasteiger partial charge in [-0.25, -0.2) is 9.59 Å². The number of nitrogens with one attached hydrogen (secondary N) is 2. The molecule has 0 aliphatic rings. The third-order valence-corrected chi connectivity index (χ3v) is 2.25. The van der Waals surface area contributed by atoms with E-state index in [0.29, 0.717) is 6.54 Å². The highest BCUT2D eigenvalue weighted by atomic mass is 16.6. The number of hydrogen-bond donors (Lipinski definition) is 2. The number of carbonyl (C=O) groups excluding carboxylic acids is 2. The van der Waals surface area contributed by atoms with Gasteiger partial charge in [0.2, 0.25) is 0 Å². The lowest BCUT2D eigenvalue weighted by molar-refractivity contribution is 0.0492. The molecule has 2 amide bonds. The molecule has 0 saturated carbocycles. The summed E-state index contributed by atoms with van der Waals surface area (Å²) in [7, 11) is 0. The van der Waals surface area contributed by atoms with E-state index in [2.05, 4.69) is 10.6 Å². The Labute approximate surface area is 127 Å².